The minimum Gasteiger partial charge on any atom is -0.493 e. The highest BCUT2D eigenvalue weighted by molar-refractivity contribution is 5.70. The van der Waals surface area contributed by atoms with Crippen molar-refractivity contribution in [2.75, 3.05) is 6.61 Å². The molecule has 1 fully saturated rings. The number of aliphatic carboxylic acids is 1. The number of aliphatic hydroxyl groups is 1. The number of carboxylic acids is 1. The van der Waals surface area contributed by atoms with Crippen molar-refractivity contribution < 1.29 is 19.7 Å². The number of fused-ring (bicyclic) bond motifs is 1. The van der Waals surface area contributed by atoms with Gasteiger partial charge in [0.05, 0.1) is 18.6 Å². The SMILES string of the molecule is O=C(O)C1CCCC1C(O)c1ccc2c(c1)CCCO2. The van der Waals surface area contributed by atoms with Crippen molar-refractivity contribution in [3.63, 3.8) is 0 Å². The fraction of sp³-hybridized carbons (Fsp3) is 0.562. The number of aryl methyl sites for hydroxylation is 1. The van der Waals surface area contributed by atoms with Gasteiger partial charge in [-0.2, -0.15) is 0 Å². The van der Waals surface area contributed by atoms with Crippen molar-refractivity contribution in [2.45, 2.75) is 38.2 Å². The molecule has 3 atom stereocenters. The summed E-state index contributed by atoms with van der Waals surface area (Å²) in [6.45, 7) is 0.749. The molecule has 1 aromatic rings. The standard InChI is InChI=1S/C16H20O4/c17-15(12-4-1-5-13(12)16(18)19)11-6-7-14-10(9-11)3-2-8-20-14/h6-7,9,12-13,15,17H,1-5,8H2,(H,18,19). The van der Waals surface area contributed by atoms with Crippen LogP contribution in [0.5, 0.6) is 5.75 Å². The van der Waals surface area contributed by atoms with Crippen molar-refractivity contribution in [1.29, 1.82) is 0 Å². The zero-order chi connectivity index (χ0) is 14.1. The van der Waals surface area contributed by atoms with Crippen molar-refractivity contribution in [3.8, 4) is 5.75 Å². The zero-order valence-corrected chi connectivity index (χ0v) is 11.4. The van der Waals surface area contributed by atoms with Crippen molar-refractivity contribution in [3.05, 3.63) is 29.3 Å². The molecular formula is C16H20O4. The number of aliphatic hydroxyl groups excluding tert-OH is 1. The first-order valence-corrected chi connectivity index (χ1v) is 7.33. The summed E-state index contributed by atoms with van der Waals surface area (Å²) in [5.41, 5.74) is 1.95. The Bertz CT molecular complexity index is 511. The highest BCUT2D eigenvalue weighted by atomic mass is 16.5. The molecule has 0 aromatic heterocycles. The summed E-state index contributed by atoms with van der Waals surface area (Å²) in [4.78, 5) is 11.2. The van der Waals surface area contributed by atoms with Crippen LogP contribution in [-0.2, 0) is 11.2 Å². The van der Waals surface area contributed by atoms with Crippen LogP contribution < -0.4 is 4.74 Å². The Kier molecular flexibility index (Phi) is 3.66. The van der Waals surface area contributed by atoms with Crippen molar-refractivity contribution in [2.24, 2.45) is 11.8 Å². The lowest BCUT2D eigenvalue weighted by Crippen LogP contribution is -2.24. The maximum Gasteiger partial charge on any atom is 0.306 e. The van der Waals surface area contributed by atoms with Gasteiger partial charge in [0.1, 0.15) is 5.75 Å². The van der Waals surface area contributed by atoms with Gasteiger partial charge in [-0.05, 0) is 48.9 Å². The first kappa shape index (κ1) is 13.4. The smallest absolute Gasteiger partial charge is 0.306 e. The second kappa shape index (κ2) is 5.44. The van der Waals surface area contributed by atoms with Gasteiger partial charge in [0.2, 0.25) is 0 Å². The maximum atomic E-state index is 11.2. The molecule has 1 aliphatic carbocycles. The summed E-state index contributed by atoms with van der Waals surface area (Å²) in [5, 5.41) is 19.8. The number of rotatable bonds is 3. The second-order valence-corrected chi connectivity index (χ2v) is 5.80. The van der Waals surface area contributed by atoms with Gasteiger partial charge in [0, 0.05) is 5.92 Å². The van der Waals surface area contributed by atoms with Gasteiger partial charge < -0.3 is 14.9 Å². The predicted octanol–water partition coefficient (Wildman–Crippen LogP) is 2.55. The quantitative estimate of drug-likeness (QED) is 0.890. The van der Waals surface area contributed by atoms with Crippen molar-refractivity contribution >= 4 is 5.97 Å². The van der Waals surface area contributed by atoms with E-state index >= 15 is 0 Å². The molecule has 3 rings (SSSR count). The van der Waals surface area contributed by atoms with Gasteiger partial charge in [0.25, 0.3) is 0 Å². The fourth-order valence-electron chi connectivity index (χ4n) is 3.48. The number of benzene rings is 1. The molecule has 3 unspecified atom stereocenters. The number of ether oxygens (including phenoxy) is 1. The fourth-order valence-corrected chi connectivity index (χ4v) is 3.48. The van der Waals surface area contributed by atoms with Crippen LogP contribution in [0.15, 0.2) is 18.2 Å². The molecule has 0 saturated heterocycles. The molecule has 4 heteroatoms. The molecule has 0 bridgehead atoms. The molecule has 1 aliphatic heterocycles. The van der Waals surface area contributed by atoms with Crippen LogP contribution in [0.3, 0.4) is 0 Å². The van der Waals surface area contributed by atoms with Gasteiger partial charge in [-0.25, -0.2) is 0 Å². The van der Waals surface area contributed by atoms with E-state index in [9.17, 15) is 15.0 Å². The Labute approximate surface area is 118 Å². The summed E-state index contributed by atoms with van der Waals surface area (Å²) in [6.07, 6.45) is 3.60. The molecule has 0 radical (unpaired) electrons. The van der Waals surface area contributed by atoms with Crippen LogP contribution in [0.2, 0.25) is 0 Å². The third-order valence-electron chi connectivity index (χ3n) is 4.57. The highest BCUT2D eigenvalue weighted by Gasteiger charge is 2.38. The van der Waals surface area contributed by atoms with Gasteiger partial charge >= 0.3 is 5.97 Å². The zero-order valence-electron chi connectivity index (χ0n) is 11.4. The molecule has 20 heavy (non-hydrogen) atoms. The van der Waals surface area contributed by atoms with E-state index in [0.29, 0.717) is 6.42 Å². The van der Waals surface area contributed by atoms with E-state index < -0.39 is 18.0 Å². The van der Waals surface area contributed by atoms with E-state index in [4.69, 9.17) is 4.74 Å². The Morgan fingerprint density at radius 3 is 2.95 bits per heavy atom. The van der Waals surface area contributed by atoms with Crippen LogP contribution in [-0.4, -0.2) is 22.8 Å². The molecule has 1 aromatic carbocycles. The highest BCUT2D eigenvalue weighted by Crippen LogP contribution is 2.41. The topological polar surface area (TPSA) is 66.8 Å². The predicted molar refractivity (Wildman–Crippen MR) is 73.7 cm³/mol. The summed E-state index contributed by atoms with van der Waals surface area (Å²) >= 11 is 0. The molecule has 2 aliphatic rings. The van der Waals surface area contributed by atoms with E-state index in [-0.39, 0.29) is 5.92 Å². The molecule has 0 spiro atoms. The summed E-state index contributed by atoms with van der Waals surface area (Å²) in [5.74, 6) is -0.478. The Morgan fingerprint density at radius 2 is 2.15 bits per heavy atom. The molecule has 1 heterocycles. The van der Waals surface area contributed by atoms with Crippen LogP contribution >= 0.6 is 0 Å². The average Bonchev–Trinajstić information content (AvgIpc) is 2.95. The van der Waals surface area contributed by atoms with Crippen LogP contribution in [0.25, 0.3) is 0 Å². The minimum atomic E-state index is -0.784. The molecular weight excluding hydrogens is 256 g/mol. The van der Waals surface area contributed by atoms with Gasteiger partial charge in [-0.3, -0.25) is 4.79 Å². The van der Waals surface area contributed by atoms with Gasteiger partial charge in [0.15, 0.2) is 0 Å². The number of carboxylic acid groups (broad SMARTS) is 1. The summed E-state index contributed by atoms with van der Waals surface area (Å²) in [7, 11) is 0. The van der Waals surface area contributed by atoms with Crippen LogP contribution in [0, 0.1) is 11.8 Å². The normalized spacial score (nSPS) is 26.6. The first-order chi connectivity index (χ1) is 9.66. The first-order valence-electron chi connectivity index (χ1n) is 7.33. The van der Waals surface area contributed by atoms with Crippen LogP contribution in [0.1, 0.15) is 42.9 Å². The molecule has 0 amide bonds. The maximum absolute atomic E-state index is 11.2. The Hall–Kier alpha value is -1.55. The van der Waals surface area contributed by atoms with Crippen LogP contribution in [0.4, 0.5) is 0 Å². The second-order valence-electron chi connectivity index (χ2n) is 5.80. The lowest BCUT2D eigenvalue weighted by atomic mass is 9.86. The summed E-state index contributed by atoms with van der Waals surface area (Å²) < 4.78 is 5.57. The van der Waals surface area contributed by atoms with Crippen molar-refractivity contribution in [1.82, 2.24) is 0 Å². The van der Waals surface area contributed by atoms with Gasteiger partial charge in [-0.1, -0.05) is 12.5 Å². The van der Waals surface area contributed by atoms with Gasteiger partial charge in [-0.15, -0.1) is 0 Å². The Morgan fingerprint density at radius 1 is 1.30 bits per heavy atom. The lowest BCUT2D eigenvalue weighted by Gasteiger charge is -2.24. The monoisotopic (exact) mass is 276 g/mol. The molecule has 4 nitrogen and oxygen atoms in total. The number of hydrogen-bond acceptors (Lipinski definition) is 3. The Balaban J connectivity index is 1.83. The molecule has 108 valence electrons. The lowest BCUT2D eigenvalue weighted by molar-refractivity contribution is -0.144. The van der Waals surface area contributed by atoms with E-state index in [0.717, 1.165) is 49.2 Å². The number of carbonyl (C=O) groups is 1. The van der Waals surface area contributed by atoms with E-state index in [2.05, 4.69) is 0 Å². The molecule has 1 saturated carbocycles. The minimum absolute atomic E-state index is 0.171. The summed E-state index contributed by atoms with van der Waals surface area (Å²) in [6, 6.07) is 5.75. The van der Waals surface area contributed by atoms with E-state index in [1.807, 2.05) is 18.2 Å². The third kappa shape index (κ3) is 2.40. The van der Waals surface area contributed by atoms with E-state index in [1.165, 1.54) is 0 Å². The number of hydrogen-bond donors (Lipinski definition) is 2. The van der Waals surface area contributed by atoms with E-state index in [1.54, 1.807) is 0 Å². The average molecular weight is 276 g/mol. The molecule has 2 N–H and O–H groups in total. The third-order valence-corrected chi connectivity index (χ3v) is 4.57. The largest absolute Gasteiger partial charge is 0.493 e.